The van der Waals surface area contributed by atoms with Crippen molar-refractivity contribution in [3.05, 3.63) is 59.2 Å². The Morgan fingerprint density at radius 2 is 1.68 bits per heavy atom. The molecule has 0 aromatic heterocycles. The molecule has 0 radical (unpaired) electrons. The van der Waals surface area contributed by atoms with Crippen molar-refractivity contribution >= 4 is 21.8 Å². The quantitative estimate of drug-likeness (QED) is 0.684. The van der Waals surface area contributed by atoms with Gasteiger partial charge in [0.25, 0.3) is 5.91 Å². The number of anilines is 1. The third-order valence-electron chi connectivity index (χ3n) is 4.50. The van der Waals surface area contributed by atoms with Crippen LogP contribution in [0.5, 0.6) is 5.75 Å². The number of rotatable bonds is 8. The molecular formula is C20H27N3O4S. The first-order valence-electron chi connectivity index (χ1n) is 8.88. The van der Waals surface area contributed by atoms with E-state index in [0.29, 0.717) is 24.4 Å². The van der Waals surface area contributed by atoms with Crippen molar-refractivity contribution in [2.75, 3.05) is 38.6 Å². The van der Waals surface area contributed by atoms with Gasteiger partial charge in [-0.1, -0.05) is 12.1 Å². The van der Waals surface area contributed by atoms with Gasteiger partial charge < -0.3 is 10.1 Å². The number of hydrogen-bond acceptors (Lipinski definition) is 4. The summed E-state index contributed by atoms with van der Waals surface area (Å²) in [5.41, 5.74) is 3.17. The maximum absolute atomic E-state index is 12.3. The van der Waals surface area contributed by atoms with Gasteiger partial charge in [-0.05, 0) is 55.3 Å². The molecule has 0 aliphatic carbocycles. The van der Waals surface area contributed by atoms with Crippen LogP contribution >= 0.6 is 0 Å². The Balaban J connectivity index is 1.90. The summed E-state index contributed by atoms with van der Waals surface area (Å²) in [5, 5.41) is 2.80. The smallest absolute Gasteiger partial charge is 0.303 e. The zero-order chi connectivity index (χ0) is 20.9. The number of carbonyl (C=O) groups excluding carboxylic acids is 1. The summed E-state index contributed by atoms with van der Waals surface area (Å²) in [6.45, 7) is 4.74. The van der Waals surface area contributed by atoms with Crippen LogP contribution in [0.25, 0.3) is 0 Å². The molecule has 8 heteroatoms. The lowest BCUT2D eigenvalue weighted by Gasteiger charge is -2.23. The molecule has 1 N–H and O–H groups in total. The SMILES string of the molecule is Cc1cccc(OCCNC(=O)c2ccc(N(C)S(=O)(=O)N(C)C)cc2)c1C. The first-order chi connectivity index (χ1) is 13.1. The molecule has 0 atom stereocenters. The second kappa shape index (κ2) is 9.07. The Hall–Kier alpha value is -2.58. The molecule has 7 nitrogen and oxygen atoms in total. The summed E-state index contributed by atoms with van der Waals surface area (Å²) in [7, 11) is 0.836. The Bertz CT molecular complexity index is 925. The van der Waals surface area contributed by atoms with Gasteiger partial charge in [0.2, 0.25) is 0 Å². The van der Waals surface area contributed by atoms with Crippen LogP contribution in [0.15, 0.2) is 42.5 Å². The number of amides is 1. The van der Waals surface area contributed by atoms with E-state index in [1.54, 1.807) is 24.3 Å². The predicted octanol–water partition coefficient (Wildman–Crippen LogP) is 2.35. The number of nitrogens with one attached hydrogen (secondary N) is 1. The van der Waals surface area contributed by atoms with Crippen molar-refractivity contribution in [2.45, 2.75) is 13.8 Å². The molecule has 28 heavy (non-hydrogen) atoms. The van der Waals surface area contributed by atoms with E-state index in [0.717, 1.165) is 25.5 Å². The highest BCUT2D eigenvalue weighted by atomic mass is 32.2. The van der Waals surface area contributed by atoms with Crippen molar-refractivity contribution in [3.63, 3.8) is 0 Å². The minimum absolute atomic E-state index is 0.241. The van der Waals surface area contributed by atoms with Crippen LogP contribution in [0.3, 0.4) is 0 Å². The van der Waals surface area contributed by atoms with Crippen LogP contribution in [0, 0.1) is 13.8 Å². The minimum atomic E-state index is -3.56. The van der Waals surface area contributed by atoms with Gasteiger partial charge in [-0.2, -0.15) is 12.7 Å². The number of carbonyl (C=O) groups is 1. The Morgan fingerprint density at radius 1 is 1.04 bits per heavy atom. The summed E-state index contributed by atoms with van der Waals surface area (Å²) in [6.07, 6.45) is 0. The number of hydrogen-bond donors (Lipinski definition) is 1. The molecule has 0 fully saturated rings. The summed E-state index contributed by atoms with van der Waals surface area (Å²) >= 11 is 0. The summed E-state index contributed by atoms with van der Waals surface area (Å²) in [4.78, 5) is 12.3. The monoisotopic (exact) mass is 405 g/mol. The maximum Gasteiger partial charge on any atom is 0.303 e. The van der Waals surface area contributed by atoms with E-state index in [4.69, 9.17) is 4.74 Å². The molecule has 2 rings (SSSR count). The van der Waals surface area contributed by atoms with Gasteiger partial charge in [0.15, 0.2) is 0 Å². The molecule has 0 saturated carbocycles. The highest BCUT2D eigenvalue weighted by Crippen LogP contribution is 2.20. The standard InChI is InChI=1S/C20H27N3O4S/c1-15-7-6-8-19(16(15)2)27-14-13-21-20(24)17-9-11-18(12-10-17)23(5)28(25,26)22(3)4/h6-12H,13-14H2,1-5H3,(H,21,24). The van der Waals surface area contributed by atoms with Gasteiger partial charge >= 0.3 is 10.2 Å². The van der Waals surface area contributed by atoms with Crippen molar-refractivity contribution in [1.82, 2.24) is 9.62 Å². The molecule has 0 aliphatic heterocycles. The normalized spacial score (nSPS) is 11.4. The summed E-state index contributed by atoms with van der Waals surface area (Å²) < 4.78 is 32.3. The minimum Gasteiger partial charge on any atom is -0.491 e. The van der Waals surface area contributed by atoms with Crippen LogP contribution in [0.1, 0.15) is 21.5 Å². The fourth-order valence-electron chi connectivity index (χ4n) is 2.51. The van der Waals surface area contributed by atoms with Gasteiger partial charge in [0, 0.05) is 26.7 Å². The molecule has 1 amide bonds. The van der Waals surface area contributed by atoms with Crippen LogP contribution in [-0.4, -0.2) is 52.9 Å². The average molecular weight is 406 g/mol. The second-order valence-corrected chi connectivity index (χ2v) is 8.78. The van der Waals surface area contributed by atoms with E-state index in [-0.39, 0.29) is 5.91 Å². The lowest BCUT2D eigenvalue weighted by molar-refractivity contribution is 0.0947. The Morgan fingerprint density at radius 3 is 2.29 bits per heavy atom. The van der Waals surface area contributed by atoms with Gasteiger partial charge in [0.05, 0.1) is 12.2 Å². The third kappa shape index (κ3) is 5.02. The topological polar surface area (TPSA) is 79.0 Å². The Kier molecular flexibility index (Phi) is 7.04. The lowest BCUT2D eigenvalue weighted by Crippen LogP contribution is -2.37. The first kappa shape index (κ1) is 21.7. The van der Waals surface area contributed by atoms with E-state index in [1.165, 1.54) is 21.1 Å². The van der Waals surface area contributed by atoms with Gasteiger partial charge in [-0.15, -0.1) is 0 Å². The zero-order valence-corrected chi connectivity index (χ0v) is 17.7. The summed E-state index contributed by atoms with van der Waals surface area (Å²) in [5.74, 6) is 0.568. The maximum atomic E-state index is 12.3. The molecular weight excluding hydrogens is 378 g/mol. The highest BCUT2D eigenvalue weighted by Gasteiger charge is 2.21. The van der Waals surface area contributed by atoms with Crippen LogP contribution in [-0.2, 0) is 10.2 Å². The molecule has 0 saturated heterocycles. The van der Waals surface area contributed by atoms with Gasteiger partial charge in [0.1, 0.15) is 12.4 Å². The number of benzene rings is 2. The van der Waals surface area contributed by atoms with Crippen molar-refractivity contribution in [2.24, 2.45) is 0 Å². The van der Waals surface area contributed by atoms with Crippen LogP contribution in [0.2, 0.25) is 0 Å². The molecule has 0 heterocycles. The number of ether oxygens (including phenoxy) is 1. The second-order valence-electron chi connectivity index (χ2n) is 6.61. The fraction of sp³-hybridized carbons (Fsp3) is 0.350. The highest BCUT2D eigenvalue weighted by molar-refractivity contribution is 7.90. The van der Waals surface area contributed by atoms with Crippen LogP contribution in [0.4, 0.5) is 5.69 Å². The molecule has 0 unspecified atom stereocenters. The van der Waals surface area contributed by atoms with Crippen molar-refractivity contribution in [1.29, 1.82) is 0 Å². The van der Waals surface area contributed by atoms with E-state index in [9.17, 15) is 13.2 Å². The Labute approximate surface area is 167 Å². The lowest BCUT2D eigenvalue weighted by atomic mass is 10.1. The van der Waals surface area contributed by atoms with E-state index in [1.807, 2.05) is 32.0 Å². The molecule has 0 spiro atoms. The number of aryl methyl sites for hydroxylation is 1. The van der Waals surface area contributed by atoms with Crippen molar-refractivity contribution < 1.29 is 17.9 Å². The average Bonchev–Trinajstić information content (AvgIpc) is 2.67. The van der Waals surface area contributed by atoms with E-state index < -0.39 is 10.2 Å². The molecule has 152 valence electrons. The van der Waals surface area contributed by atoms with E-state index in [2.05, 4.69) is 5.32 Å². The van der Waals surface area contributed by atoms with Crippen LogP contribution < -0.4 is 14.4 Å². The molecule has 2 aromatic carbocycles. The van der Waals surface area contributed by atoms with Gasteiger partial charge in [-0.3, -0.25) is 9.10 Å². The summed E-state index contributed by atoms with van der Waals surface area (Å²) in [6, 6.07) is 12.3. The fourth-order valence-corrected chi connectivity index (χ4v) is 3.39. The number of nitrogens with zero attached hydrogens (tertiary/aromatic N) is 2. The zero-order valence-electron chi connectivity index (χ0n) is 16.9. The predicted molar refractivity (Wildman–Crippen MR) is 111 cm³/mol. The molecule has 0 bridgehead atoms. The largest absolute Gasteiger partial charge is 0.491 e. The first-order valence-corrected chi connectivity index (χ1v) is 10.3. The van der Waals surface area contributed by atoms with E-state index >= 15 is 0 Å². The van der Waals surface area contributed by atoms with Gasteiger partial charge in [-0.25, -0.2) is 0 Å². The molecule has 0 aliphatic rings. The third-order valence-corrected chi connectivity index (χ3v) is 6.33. The molecule has 2 aromatic rings. The van der Waals surface area contributed by atoms with Crippen molar-refractivity contribution in [3.8, 4) is 5.75 Å².